The third-order valence-corrected chi connectivity index (χ3v) is 7.40. The van der Waals surface area contributed by atoms with Crippen LogP contribution in [0.5, 0.6) is 0 Å². The van der Waals surface area contributed by atoms with E-state index in [0.717, 1.165) is 28.2 Å². The lowest BCUT2D eigenvalue weighted by atomic mass is 9.93. The molecule has 0 N–H and O–H groups in total. The number of carbonyl (C=O) groups excluding carboxylic acids is 1. The van der Waals surface area contributed by atoms with E-state index in [-0.39, 0.29) is 6.61 Å². The molecule has 5 aromatic carbocycles. The number of nitrogens with zero attached hydrogens (tertiary/aromatic N) is 1. The van der Waals surface area contributed by atoms with Crippen molar-refractivity contribution in [1.82, 2.24) is 0 Å². The molecule has 0 atom stereocenters. The molecule has 3 nitrogen and oxygen atoms in total. The molecular weight excluding hydrogens is 514 g/mol. The van der Waals surface area contributed by atoms with Gasteiger partial charge in [-0.25, -0.2) is 4.79 Å². The van der Waals surface area contributed by atoms with Gasteiger partial charge in [0.15, 0.2) is 0 Å². The number of rotatable bonds is 9. The molecule has 0 unspecified atom stereocenters. The van der Waals surface area contributed by atoms with Crippen LogP contribution >= 0.6 is 0 Å². The summed E-state index contributed by atoms with van der Waals surface area (Å²) in [5.41, 5.74) is 12.5. The Morgan fingerprint density at radius 2 is 1.29 bits per heavy atom. The monoisotopic (exact) mass is 549 g/mol. The van der Waals surface area contributed by atoms with Crippen molar-refractivity contribution < 1.29 is 9.53 Å². The van der Waals surface area contributed by atoms with Crippen LogP contribution in [-0.2, 0) is 16.1 Å². The first-order chi connectivity index (χ1) is 20.4. The summed E-state index contributed by atoms with van der Waals surface area (Å²) >= 11 is 0. The average Bonchev–Trinajstić information content (AvgIpc) is 3.03. The van der Waals surface area contributed by atoms with Gasteiger partial charge >= 0.3 is 5.97 Å². The fourth-order valence-electron chi connectivity index (χ4n) is 4.84. The minimum absolute atomic E-state index is 0.209. The third kappa shape index (κ3) is 6.76. The van der Waals surface area contributed by atoms with E-state index in [1.54, 1.807) is 0 Å². The maximum absolute atomic E-state index is 11.5. The Morgan fingerprint density at radius 3 is 1.88 bits per heavy atom. The standard InChI is InChI=1S/C39H35NO2/c1-5-39(41)42-27-32-16-23-37(24-17-32)40(35-19-11-28(2)12-20-35)36-21-14-31(15-22-36)26-38(33-9-7-6-8-10-33)34-18-13-29(3)30(4)25-34/h5-26H,1,27H2,2-4H3/b38-26+. The van der Waals surface area contributed by atoms with Crippen molar-refractivity contribution in [2.75, 3.05) is 4.90 Å². The summed E-state index contributed by atoms with van der Waals surface area (Å²) in [5.74, 6) is -0.428. The minimum atomic E-state index is -0.428. The van der Waals surface area contributed by atoms with Crippen molar-refractivity contribution in [2.24, 2.45) is 0 Å². The molecule has 0 aliphatic heterocycles. The molecule has 0 bridgehead atoms. The van der Waals surface area contributed by atoms with E-state index in [2.05, 4.69) is 148 Å². The zero-order chi connectivity index (χ0) is 29.5. The van der Waals surface area contributed by atoms with Crippen LogP contribution < -0.4 is 4.90 Å². The van der Waals surface area contributed by atoms with Gasteiger partial charge in [0, 0.05) is 23.1 Å². The molecule has 5 rings (SSSR count). The third-order valence-electron chi connectivity index (χ3n) is 7.40. The number of esters is 1. The van der Waals surface area contributed by atoms with Gasteiger partial charge in [0.2, 0.25) is 0 Å². The van der Waals surface area contributed by atoms with Crippen molar-refractivity contribution in [1.29, 1.82) is 0 Å². The predicted molar refractivity (Wildman–Crippen MR) is 175 cm³/mol. The molecule has 0 aliphatic rings. The highest BCUT2D eigenvalue weighted by atomic mass is 16.5. The first-order valence-corrected chi connectivity index (χ1v) is 14.1. The first kappa shape index (κ1) is 28.4. The molecule has 0 amide bonds. The summed E-state index contributed by atoms with van der Waals surface area (Å²) in [6.07, 6.45) is 3.44. The molecule has 0 spiro atoms. The second kappa shape index (κ2) is 13.0. The fourth-order valence-corrected chi connectivity index (χ4v) is 4.84. The number of anilines is 3. The number of ether oxygens (including phenoxy) is 1. The Morgan fingerprint density at radius 1 is 0.690 bits per heavy atom. The van der Waals surface area contributed by atoms with Gasteiger partial charge in [-0.15, -0.1) is 0 Å². The zero-order valence-electron chi connectivity index (χ0n) is 24.4. The van der Waals surface area contributed by atoms with Crippen LogP contribution in [-0.4, -0.2) is 5.97 Å². The Balaban J connectivity index is 1.50. The summed E-state index contributed by atoms with van der Waals surface area (Å²) in [7, 11) is 0. The summed E-state index contributed by atoms with van der Waals surface area (Å²) in [6, 6.07) is 42.5. The molecule has 0 saturated carbocycles. The van der Waals surface area contributed by atoms with Crippen LogP contribution in [0.15, 0.2) is 134 Å². The first-order valence-electron chi connectivity index (χ1n) is 14.1. The van der Waals surface area contributed by atoms with Gasteiger partial charge in [-0.05, 0) is 102 Å². The van der Waals surface area contributed by atoms with Gasteiger partial charge in [-0.2, -0.15) is 0 Å². The van der Waals surface area contributed by atoms with Gasteiger partial charge in [-0.3, -0.25) is 0 Å². The van der Waals surface area contributed by atoms with Crippen molar-refractivity contribution in [2.45, 2.75) is 27.4 Å². The predicted octanol–water partition coefficient (Wildman–Crippen LogP) is 9.90. The van der Waals surface area contributed by atoms with E-state index in [4.69, 9.17) is 4.74 Å². The summed E-state index contributed by atoms with van der Waals surface area (Å²) in [6.45, 7) is 10.1. The smallest absolute Gasteiger partial charge is 0.330 e. The largest absolute Gasteiger partial charge is 0.458 e. The van der Waals surface area contributed by atoms with Crippen molar-refractivity contribution in [3.05, 3.63) is 173 Å². The Labute approximate surface area is 249 Å². The number of carbonyl (C=O) groups is 1. The van der Waals surface area contributed by atoms with E-state index in [9.17, 15) is 4.79 Å². The molecule has 0 fully saturated rings. The van der Waals surface area contributed by atoms with Crippen LogP contribution in [0.1, 0.15) is 38.9 Å². The van der Waals surface area contributed by atoms with Gasteiger partial charge in [0.25, 0.3) is 0 Å². The highest BCUT2D eigenvalue weighted by Gasteiger charge is 2.13. The second-order valence-electron chi connectivity index (χ2n) is 10.5. The molecule has 0 heterocycles. The topological polar surface area (TPSA) is 29.5 Å². The lowest BCUT2D eigenvalue weighted by Gasteiger charge is -2.26. The van der Waals surface area contributed by atoms with E-state index < -0.39 is 5.97 Å². The average molecular weight is 550 g/mol. The molecule has 3 heteroatoms. The highest BCUT2D eigenvalue weighted by Crippen LogP contribution is 2.35. The molecule has 0 aliphatic carbocycles. The van der Waals surface area contributed by atoms with E-state index in [0.29, 0.717) is 0 Å². The molecule has 5 aromatic rings. The lowest BCUT2D eigenvalue weighted by molar-refractivity contribution is -0.138. The van der Waals surface area contributed by atoms with Crippen molar-refractivity contribution in [3.63, 3.8) is 0 Å². The number of hydrogen-bond donors (Lipinski definition) is 0. The summed E-state index contributed by atoms with van der Waals surface area (Å²) in [5, 5.41) is 0. The zero-order valence-corrected chi connectivity index (χ0v) is 24.4. The quantitative estimate of drug-likeness (QED) is 0.104. The van der Waals surface area contributed by atoms with Crippen molar-refractivity contribution in [3.8, 4) is 0 Å². The molecule has 42 heavy (non-hydrogen) atoms. The highest BCUT2D eigenvalue weighted by molar-refractivity contribution is 5.92. The maximum atomic E-state index is 11.5. The Bertz CT molecular complexity index is 1700. The molecular formula is C39H35NO2. The van der Waals surface area contributed by atoms with Crippen molar-refractivity contribution >= 4 is 34.7 Å². The maximum Gasteiger partial charge on any atom is 0.330 e. The SMILES string of the molecule is C=CC(=O)OCc1ccc(N(c2ccc(C)cc2)c2ccc(/C=C(\c3ccccc3)c3ccc(C)c(C)c3)cc2)cc1. The van der Waals surface area contributed by atoms with Gasteiger partial charge < -0.3 is 9.64 Å². The Hall–Kier alpha value is -5.15. The van der Waals surface area contributed by atoms with E-state index in [1.807, 2.05) is 12.1 Å². The molecule has 0 saturated heterocycles. The molecule has 0 aromatic heterocycles. The van der Waals surface area contributed by atoms with E-state index >= 15 is 0 Å². The fraction of sp³-hybridized carbons (Fsp3) is 0.103. The van der Waals surface area contributed by atoms with Crippen LogP contribution in [0.2, 0.25) is 0 Å². The van der Waals surface area contributed by atoms with Crippen LogP contribution in [0.4, 0.5) is 17.1 Å². The lowest BCUT2D eigenvalue weighted by Crippen LogP contribution is -2.10. The van der Waals surface area contributed by atoms with Crippen LogP contribution in [0.25, 0.3) is 11.6 Å². The van der Waals surface area contributed by atoms with Crippen LogP contribution in [0.3, 0.4) is 0 Å². The Kier molecular flexibility index (Phi) is 8.79. The van der Waals surface area contributed by atoms with Gasteiger partial charge in [0.1, 0.15) is 6.61 Å². The number of hydrogen-bond acceptors (Lipinski definition) is 3. The van der Waals surface area contributed by atoms with Crippen LogP contribution in [0, 0.1) is 20.8 Å². The normalized spacial score (nSPS) is 11.2. The van der Waals surface area contributed by atoms with Gasteiger partial charge in [0.05, 0.1) is 0 Å². The number of benzene rings is 5. The summed E-state index contributed by atoms with van der Waals surface area (Å²) in [4.78, 5) is 13.7. The molecule has 0 radical (unpaired) electrons. The second-order valence-corrected chi connectivity index (χ2v) is 10.5. The molecule has 208 valence electrons. The number of aryl methyl sites for hydroxylation is 3. The van der Waals surface area contributed by atoms with Gasteiger partial charge in [-0.1, -0.05) is 97.1 Å². The van der Waals surface area contributed by atoms with E-state index in [1.165, 1.54) is 39.5 Å². The minimum Gasteiger partial charge on any atom is -0.458 e. The summed E-state index contributed by atoms with van der Waals surface area (Å²) < 4.78 is 5.20.